The van der Waals surface area contributed by atoms with Gasteiger partial charge in [0, 0.05) is 5.69 Å². The second kappa shape index (κ2) is 5.15. The molecular weight excluding hydrogens is 236 g/mol. The lowest BCUT2D eigenvalue weighted by Gasteiger charge is -2.06. The van der Waals surface area contributed by atoms with E-state index in [0.717, 1.165) is 17.0 Å². The average molecular weight is 249 g/mol. The fourth-order valence-corrected chi connectivity index (χ4v) is 1.76. The molecule has 1 heterocycles. The molecule has 0 aliphatic rings. The van der Waals surface area contributed by atoms with Crippen LogP contribution in [0.4, 0.5) is 0 Å². The molecule has 17 heavy (non-hydrogen) atoms. The Morgan fingerprint density at radius 1 is 1.18 bits per heavy atom. The minimum Gasteiger partial charge on any atom is -0.486 e. The van der Waals surface area contributed by atoms with Crippen LogP contribution in [0.25, 0.3) is 0 Å². The Morgan fingerprint density at radius 2 is 2.00 bits per heavy atom. The van der Waals surface area contributed by atoms with E-state index in [0.29, 0.717) is 17.6 Å². The van der Waals surface area contributed by atoms with E-state index in [-0.39, 0.29) is 0 Å². The van der Waals surface area contributed by atoms with E-state index in [9.17, 15) is 0 Å². The molecule has 0 radical (unpaired) electrons. The van der Waals surface area contributed by atoms with Crippen LogP contribution in [-0.4, -0.2) is 9.97 Å². The van der Waals surface area contributed by atoms with Crippen molar-refractivity contribution in [2.75, 3.05) is 0 Å². The summed E-state index contributed by atoms with van der Waals surface area (Å²) >= 11 is 5.85. The smallest absolute Gasteiger partial charge is 0.167 e. The van der Waals surface area contributed by atoms with Crippen molar-refractivity contribution in [2.45, 2.75) is 20.5 Å². The second-order valence-corrected chi connectivity index (χ2v) is 4.24. The fourth-order valence-electron chi connectivity index (χ4n) is 1.51. The van der Waals surface area contributed by atoms with Crippen molar-refractivity contribution in [3.63, 3.8) is 0 Å². The van der Waals surface area contributed by atoms with E-state index >= 15 is 0 Å². The lowest BCUT2D eigenvalue weighted by molar-refractivity contribution is 0.295. The summed E-state index contributed by atoms with van der Waals surface area (Å²) in [7, 11) is 0. The topological polar surface area (TPSA) is 35.0 Å². The maximum absolute atomic E-state index is 5.85. The maximum Gasteiger partial charge on any atom is 0.167 e. The fraction of sp³-hybridized carbons (Fsp3) is 0.231. The molecule has 0 aliphatic carbocycles. The van der Waals surface area contributed by atoms with Crippen molar-refractivity contribution < 1.29 is 4.74 Å². The van der Waals surface area contributed by atoms with Gasteiger partial charge in [0.05, 0.1) is 0 Å². The monoisotopic (exact) mass is 248 g/mol. The maximum atomic E-state index is 5.85. The Labute approximate surface area is 105 Å². The van der Waals surface area contributed by atoms with Crippen LogP contribution in [0.1, 0.15) is 17.1 Å². The van der Waals surface area contributed by atoms with E-state index in [4.69, 9.17) is 16.3 Å². The van der Waals surface area contributed by atoms with Crippen LogP contribution in [0, 0.1) is 13.8 Å². The lowest BCUT2D eigenvalue weighted by atomic mass is 10.2. The van der Waals surface area contributed by atoms with Gasteiger partial charge in [0.15, 0.2) is 5.82 Å². The van der Waals surface area contributed by atoms with Crippen molar-refractivity contribution in [1.29, 1.82) is 0 Å². The normalized spacial score (nSPS) is 10.3. The van der Waals surface area contributed by atoms with Gasteiger partial charge < -0.3 is 4.74 Å². The van der Waals surface area contributed by atoms with Crippen molar-refractivity contribution in [3.8, 4) is 5.75 Å². The third-order valence-corrected chi connectivity index (χ3v) is 2.42. The molecule has 0 saturated carbocycles. The van der Waals surface area contributed by atoms with Crippen molar-refractivity contribution in [1.82, 2.24) is 9.97 Å². The number of aromatic nitrogens is 2. The Bertz CT molecular complexity index is 508. The van der Waals surface area contributed by atoms with Gasteiger partial charge in [0.1, 0.15) is 17.5 Å². The highest BCUT2D eigenvalue weighted by Gasteiger charge is 2.02. The van der Waals surface area contributed by atoms with Gasteiger partial charge in [-0.1, -0.05) is 23.7 Å². The molecule has 0 bridgehead atoms. The molecule has 1 aromatic carbocycles. The van der Waals surface area contributed by atoms with Gasteiger partial charge in [-0.25, -0.2) is 9.97 Å². The Hall–Kier alpha value is -1.61. The minimum atomic E-state index is 0.324. The zero-order chi connectivity index (χ0) is 12.3. The molecule has 0 aliphatic heterocycles. The summed E-state index contributed by atoms with van der Waals surface area (Å²) in [6.07, 6.45) is 0. The highest BCUT2D eigenvalue weighted by atomic mass is 35.5. The Kier molecular flexibility index (Phi) is 3.59. The Morgan fingerprint density at radius 3 is 2.71 bits per heavy atom. The summed E-state index contributed by atoms with van der Waals surface area (Å²) in [6, 6.07) is 9.57. The standard InChI is InChI=1S/C13H13ClN2O/c1-9-4-3-5-11(6-9)17-8-13-15-10(2)7-12(14)16-13/h3-7H,8H2,1-2H3. The van der Waals surface area contributed by atoms with Crippen molar-refractivity contribution >= 4 is 11.6 Å². The first-order chi connectivity index (χ1) is 8.13. The number of benzene rings is 1. The van der Waals surface area contributed by atoms with Crippen molar-refractivity contribution in [2.24, 2.45) is 0 Å². The van der Waals surface area contributed by atoms with E-state index in [2.05, 4.69) is 9.97 Å². The summed E-state index contributed by atoms with van der Waals surface area (Å²) in [5.41, 5.74) is 2.00. The molecular formula is C13H13ClN2O. The van der Waals surface area contributed by atoms with Crippen LogP contribution in [0.15, 0.2) is 30.3 Å². The van der Waals surface area contributed by atoms with Gasteiger partial charge in [0.25, 0.3) is 0 Å². The molecule has 0 amide bonds. The number of hydrogen-bond donors (Lipinski definition) is 0. The van der Waals surface area contributed by atoms with Gasteiger partial charge in [-0.2, -0.15) is 0 Å². The van der Waals surface area contributed by atoms with E-state index in [1.165, 1.54) is 0 Å². The van der Waals surface area contributed by atoms with Crippen LogP contribution in [0.2, 0.25) is 5.15 Å². The van der Waals surface area contributed by atoms with Gasteiger partial charge in [-0.3, -0.25) is 0 Å². The molecule has 1 aromatic heterocycles. The molecule has 0 spiro atoms. The number of ether oxygens (including phenoxy) is 1. The summed E-state index contributed by atoms with van der Waals surface area (Å²) in [6.45, 7) is 4.22. The molecule has 0 fully saturated rings. The van der Waals surface area contributed by atoms with E-state index in [1.54, 1.807) is 6.07 Å². The van der Waals surface area contributed by atoms with E-state index in [1.807, 2.05) is 38.1 Å². The number of rotatable bonds is 3. The first kappa shape index (κ1) is 11.9. The summed E-state index contributed by atoms with van der Waals surface area (Å²) in [5, 5.41) is 0.445. The molecule has 2 rings (SSSR count). The Balaban J connectivity index is 2.07. The average Bonchev–Trinajstić information content (AvgIpc) is 2.25. The molecule has 0 atom stereocenters. The zero-order valence-corrected chi connectivity index (χ0v) is 10.5. The number of aryl methyl sites for hydroxylation is 2. The summed E-state index contributed by atoms with van der Waals surface area (Å²) in [4.78, 5) is 8.35. The molecule has 2 aromatic rings. The van der Waals surface area contributed by atoms with Crippen LogP contribution >= 0.6 is 11.6 Å². The SMILES string of the molecule is Cc1cccc(OCc2nc(C)cc(Cl)n2)c1. The predicted octanol–water partition coefficient (Wildman–Crippen LogP) is 3.33. The van der Waals surface area contributed by atoms with Gasteiger partial charge in [0.2, 0.25) is 0 Å². The first-order valence-electron chi connectivity index (χ1n) is 5.33. The van der Waals surface area contributed by atoms with Crippen molar-refractivity contribution in [3.05, 3.63) is 52.6 Å². The third-order valence-electron chi connectivity index (χ3n) is 2.23. The zero-order valence-electron chi connectivity index (χ0n) is 9.77. The van der Waals surface area contributed by atoms with Crippen LogP contribution < -0.4 is 4.74 Å². The lowest BCUT2D eigenvalue weighted by Crippen LogP contribution is -2.02. The highest BCUT2D eigenvalue weighted by molar-refractivity contribution is 6.29. The van der Waals surface area contributed by atoms with E-state index < -0.39 is 0 Å². The van der Waals surface area contributed by atoms with Gasteiger partial charge in [-0.05, 0) is 37.6 Å². The number of nitrogens with zero attached hydrogens (tertiary/aromatic N) is 2. The highest BCUT2D eigenvalue weighted by Crippen LogP contribution is 2.14. The minimum absolute atomic E-state index is 0.324. The predicted molar refractivity (Wildman–Crippen MR) is 67.3 cm³/mol. The molecule has 0 N–H and O–H groups in total. The van der Waals surface area contributed by atoms with Crippen LogP contribution in [0.5, 0.6) is 5.75 Å². The van der Waals surface area contributed by atoms with Crippen LogP contribution in [-0.2, 0) is 6.61 Å². The molecule has 88 valence electrons. The molecule has 3 nitrogen and oxygen atoms in total. The molecule has 4 heteroatoms. The number of hydrogen-bond acceptors (Lipinski definition) is 3. The molecule has 0 unspecified atom stereocenters. The largest absolute Gasteiger partial charge is 0.486 e. The van der Waals surface area contributed by atoms with Crippen LogP contribution in [0.3, 0.4) is 0 Å². The summed E-state index contributed by atoms with van der Waals surface area (Å²) < 4.78 is 5.60. The third kappa shape index (κ3) is 3.43. The van der Waals surface area contributed by atoms with Gasteiger partial charge >= 0.3 is 0 Å². The number of halogens is 1. The first-order valence-corrected chi connectivity index (χ1v) is 5.71. The summed E-state index contributed by atoms with van der Waals surface area (Å²) in [5.74, 6) is 1.41. The molecule has 0 saturated heterocycles. The second-order valence-electron chi connectivity index (χ2n) is 3.85. The quantitative estimate of drug-likeness (QED) is 0.782. The van der Waals surface area contributed by atoms with Gasteiger partial charge in [-0.15, -0.1) is 0 Å².